The Balaban J connectivity index is 1.59. The summed E-state index contributed by atoms with van der Waals surface area (Å²) in [4.78, 5) is 29.7. The second kappa shape index (κ2) is 8.41. The molecule has 0 bridgehead atoms. The Hall–Kier alpha value is -2.24. The van der Waals surface area contributed by atoms with Crippen LogP contribution in [-0.4, -0.2) is 54.4 Å². The molecule has 5 heteroatoms. The SMILES string of the molecule is CCCN1CCOC(c2ccccc2)C(CN2C(=O)C3=C(CCC=C3)C2=O)C1. The molecule has 1 saturated heterocycles. The molecule has 2 unspecified atom stereocenters. The zero-order valence-corrected chi connectivity index (χ0v) is 16.5. The van der Waals surface area contributed by atoms with E-state index in [0.717, 1.165) is 38.0 Å². The third-order valence-electron chi connectivity index (χ3n) is 5.86. The molecule has 2 amide bonds. The molecule has 2 heterocycles. The summed E-state index contributed by atoms with van der Waals surface area (Å²) in [5, 5.41) is 0. The Kier molecular flexibility index (Phi) is 5.74. The highest BCUT2D eigenvalue weighted by atomic mass is 16.5. The van der Waals surface area contributed by atoms with E-state index in [-0.39, 0.29) is 23.8 Å². The van der Waals surface area contributed by atoms with Crippen molar-refractivity contribution in [2.24, 2.45) is 5.92 Å². The van der Waals surface area contributed by atoms with Crippen LogP contribution in [0.15, 0.2) is 53.6 Å². The van der Waals surface area contributed by atoms with Crippen molar-refractivity contribution in [3.05, 3.63) is 59.2 Å². The molecular weight excluding hydrogens is 352 g/mol. The lowest BCUT2D eigenvalue weighted by atomic mass is 9.94. The van der Waals surface area contributed by atoms with Gasteiger partial charge >= 0.3 is 0 Å². The molecule has 0 N–H and O–H groups in total. The third-order valence-corrected chi connectivity index (χ3v) is 5.86. The van der Waals surface area contributed by atoms with Gasteiger partial charge in [0.2, 0.25) is 0 Å². The minimum atomic E-state index is -0.144. The van der Waals surface area contributed by atoms with E-state index in [1.54, 1.807) is 0 Å². The summed E-state index contributed by atoms with van der Waals surface area (Å²) in [6, 6.07) is 10.2. The molecular formula is C23H28N2O3. The number of nitrogens with zero attached hydrogens (tertiary/aromatic N) is 2. The van der Waals surface area contributed by atoms with Crippen LogP contribution in [0.1, 0.15) is 37.9 Å². The van der Waals surface area contributed by atoms with Crippen molar-refractivity contribution in [3.63, 3.8) is 0 Å². The van der Waals surface area contributed by atoms with Crippen molar-refractivity contribution in [2.45, 2.75) is 32.3 Å². The fourth-order valence-corrected chi connectivity index (χ4v) is 4.53. The average molecular weight is 380 g/mol. The van der Waals surface area contributed by atoms with E-state index in [9.17, 15) is 9.59 Å². The van der Waals surface area contributed by atoms with Gasteiger partial charge in [-0.05, 0) is 31.4 Å². The van der Waals surface area contributed by atoms with E-state index in [0.29, 0.717) is 30.7 Å². The lowest BCUT2D eigenvalue weighted by Crippen LogP contribution is -2.41. The lowest BCUT2D eigenvalue weighted by Gasteiger charge is -2.30. The molecule has 1 fully saturated rings. The number of imide groups is 1. The maximum Gasteiger partial charge on any atom is 0.261 e. The third kappa shape index (κ3) is 3.69. The Morgan fingerprint density at radius 1 is 1.14 bits per heavy atom. The van der Waals surface area contributed by atoms with E-state index in [1.807, 2.05) is 30.4 Å². The van der Waals surface area contributed by atoms with Gasteiger partial charge in [-0.25, -0.2) is 0 Å². The van der Waals surface area contributed by atoms with E-state index < -0.39 is 0 Å². The van der Waals surface area contributed by atoms with E-state index in [1.165, 1.54) is 4.90 Å². The number of hydrogen-bond donors (Lipinski definition) is 0. The van der Waals surface area contributed by atoms with Gasteiger partial charge in [0.25, 0.3) is 11.8 Å². The first kappa shape index (κ1) is 19.1. The fraction of sp³-hybridized carbons (Fsp3) is 0.478. The molecule has 2 atom stereocenters. The zero-order chi connectivity index (χ0) is 19.5. The minimum Gasteiger partial charge on any atom is -0.372 e. The maximum absolute atomic E-state index is 12.9. The van der Waals surface area contributed by atoms with Gasteiger partial charge in [-0.1, -0.05) is 49.4 Å². The van der Waals surface area contributed by atoms with Crippen LogP contribution in [0.25, 0.3) is 0 Å². The molecule has 1 aromatic carbocycles. The van der Waals surface area contributed by atoms with Crippen LogP contribution in [0.4, 0.5) is 0 Å². The Labute approximate surface area is 166 Å². The van der Waals surface area contributed by atoms with Crippen LogP contribution in [0, 0.1) is 5.92 Å². The number of rotatable bonds is 5. The molecule has 28 heavy (non-hydrogen) atoms. The highest BCUT2D eigenvalue weighted by molar-refractivity contribution is 6.20. The summed E-state index contributed by atoms with van der Waals surface area (Å²) in [5.41, 5.74) is 2.39. The summed E-state index contributed by atoms with van der Waals surface area (Å²) < 4.78 is 6.26. The monoisotopic (exact) mass is 380 g/mol. The predicted molar refractivity (Wildman–Crippen MR) is 107 cm³/mol. The van der Waals surface area contributed by atoms with Crippen molar-refractivity contribution in [1.82, 2.24) is 9.80 Å². The van der Waals surface area contributed by atoms with Crippen LogP contribution in [0.3, 0.4) is 0 Å². The second-order valence-corrected chi connectivity index (χ2v) is 7.82. The van der Waals surface area contributed by atoms with Crippen LogP contribution in [-0.2, 0) is 14.3 Å². The Morgan fingerprint density at radius 3 is 2.71 bits per heavy atom. The number of carbonyl (C=O) groups excluding carboxylic acids is 2. The number of carbonyl (C=O) groups is 2. The summed E-state index contributed by atoms with van der Waals surface area (Å²) >= 11 is 0. The highest BCUT2D eigenvalue weighted by Crippen LogP contribution is 2.34. The largest absolute Gasteiger partial charge is 0.372 e. The smallest absolute Gasteiger partial charge is 0.261 e. The van der Waals surface area contributed by atoms with E-state index >= 15 is 0 Å². The number of ether oxygens (including phenoxy) is 1. The zero-order valence-electron chi connectivity index (χ0n) is 16.5. The van der Waals surface area contributed by atoms with Crippen molar-refractivity contribution < 1.29 is 14.3 Å². The van der Waals surface area contributed by atoms with Crippen molar-refractivity contribution in [3.8, 4) is 0 Å². The summed E-state index contributed by atoms with van der Waals surface area (Å²) in [6.45, 7) is 5.94. The minimum absolute atomic E-state index is 0.0506. The van der Waals surface area contributed by atoms with Gasteiger partial charge in [0.05, 0.1) is 12.7 Å². The molecule has 5 nitrogen and oxygen atoms in total. The van der Waals surface area contributed by atoms with Crippen LogP contribution >= 0.6 is 0 Å². The number of benzene rings is 1. The van der Waals surface area contributed by atoms with Gasteiger partial charge in [0, 0.05) is 36.7 Å². The highest BCUT2D eigenvalue weighted by Gasteiger charge is 2.40. The molecule has 1 aliphatic carbocycles. The van der Waals surface area contributed by atoms with Gasteiger partial charge < -0.3 is 9.64 Å². The van der Waals surface area contributed by atoms with Crippen LogP contribution in [0.2, 0.25) is 0 Å². The van der Waals surface area contributed by atoms with Crippen molar-refractivity contribution in [2.75, 3.05) is 32.8 Å². The molecule has 0 spiro atoms. The normalized spacial score (nSPS) is 26.0. The second-order valence-electron chi connectivity index (χ2n) is 7.82. The molecule has 0 aromatic heterocycles. The van der Waals surface area contributed by atoms with E-state index in [2.05, 4.69) is 24.0 Å². The van der Waals surface area contributed by atoms with Gasteiger partial charge in [0.15, 0.2) is 0 Å². The summed E-state index contributed by atoms with van der Waals surface area (Å²) in [7, 11) is 0. The number of hydrogen-bond acceptors (Lipinski definition) is 4. The predicted octanol–water partition coefficient (Wildman–Crippen LogP) is 3.10. The standard InChI is InChI=1S/C23H28N2O3/c1-2-12-24-13-14-28-21(17-8-4-3-5-9-17)18(15-24)16-25-22(26)19-10-6-7-11-20(19)23(25)27/h3-6,8-10,18,21H,2,7,11-16H2,1H3. The lowest BCUT2D eigenvalue weighted by molar-refractivity contribution is -0.139. The molecule has 3 aliphatic rings. The van der Waals surface area contributed by atoms with Gasteiger partial charge in [-0.3, -0.25) is 14.5 Å². The quantitative estimate of drug-likeness (QED) is 0.737. The van der Waals surface area contributed by atoms with Crippen molar-refractivity contribution >= 4 is 11.8 Å². The fourth-order valence-electron chi connectivity index (χ4n) is 4.53. The molecule has 1 aromatic rings. The van der Waals surface area contributed by atoms with Crippen LogP contribution in [0.5, 0.6) is 0 Å². The van der Waals surface area contributed by atoms with Gasteiger partial charge in [0.1, 0.15) is 0 Å². The van der Waals surface area contributed by atoms with Gasteiger partial charge in [-0.2, -0.15) is 0 Å². The first-order valence-electron chi connectivity index (χ1n) is 10.3. The topological polar surface area (TPSA) is 49.9 Å². The molecule has 4 rings (SSSR count). The average Bonchev–Trinajstić information content (AvgIpc) is 2.86. The van der Waals surface area contributed by atoms with E-state index in [4.69, 9.17) is 4.74 Å². The maximum atomic E-state index is 12.9. The Bertz CT molecular complexity index is 799. The van der Waals surface area contributed by atoms with Crippen LogP contribution < -0.4 is 0 Å². The van der Waals surface area contributed by atoms with Gasteiger partial charge in [-0.15, -0.1) is 0 Å². The summed E-state index contributed by atoms with van der Waals surface area (Å²) in [5.74, 6) is -0.203. The number of amides is 2. The summed E-state index contributed by atoms with van der Waals surface area (Å²) in [6.07, 6.45) is 6.26. The van der Waals surface area contributed by atoms with Crippen molar-refractivity contribution in [1.29, 1.82) is 0 Å². The molecule has 0 saturated carbocycles. The molecule has 2 aliphatic heterocycles. The molecule has 0 radical (unpaired) electrons. The molecule has 148 valence electrons. The first-order chi connectivity index (χ1) is 13.7. The first-order valence-corrected chi connectivity index (χ1v) is 10.3. The number of allylic oxidation sites excluding steroid dienone is 1. The Morgan fingerprint density at radius 2 is 1.96 bits per heavy atom.